The van der Waals surface area contributed by atoms with Crippen LogP contribution < -0.4 is 5.32 Å². The summed E-state index contributed by atoms with van der Waals surface area (Å²) in [7, 11) is 1.77. The summed E-state index contributed by atoms with van der Waals surface area (Å²) in [6, 6.07) is 0. The van der Waals surface area contributed by atoms with E-state index in [-0.39, 0.29) is 18.9 Å². The zero-order chi connectivity index (χ0) is 15.7. The summed E-state index contributed by atoms with van der Waals surface area (Å²) in [5, 5.41) is 2.97. The third-order valence-corrected chi connectivity index (χ3v) is 4.22. The van der Waals surface area contributed by atoms with Crippen LogP contribution >= 0.6 is 6.72 Å². The number of rotatable bonds is 5. The fraction of sp³-hybridized carbons (Fsp3) is 0.545. The maximum Gasteiger partial charge on any atom is 0.321 e. The maximum absolute atomic E-state index is 9.09. The molecule has 9 nitrogen and oxygen atoms in total. The Balaban J connectivity index is 1.75. The number of nitrogens with zero attached hydrogens (tertiary/aromatic N) is 4. The summed E-state index contributed by atoms with van der Waals surface area (Å²) in [6.07, 6.45) is 4.14. The van der Waals surface area contributed by atoms with Crippen molar-refractivity contribution in [3.63, 3.8) is 0 Å². The van der Waals surface area contributed by atoms with Crippen molar-refractivity contribution in [2.75, 3.05) is 19.0 Å². The Morgan fingerprint density at radius 1 is 1.45 bits per heavy atom. The highest BCUT2D eigenvalue weighted by molar-refractivity contribution is 8.06. The average molecular weight is 345 g/mol. The Hall–Kier alpha value is -1.16. The Morgan fingerprint density at radius 3 is 3.00 bits per heavy atom. The molecule has 3 N–H and O–H groups in total. The molecular weight excluding hydrogens is 329 g/mol. The molecular formula is C11H16N5O4PS. The molecule has 1 aliphatic heterocycles. The first-order valence-corrected chi connectivity index (χ1v) is 9.31. The van der Waals surface area contributed by atoms with Crippen molar-refractivity contribution >= 4 is 35.5 Å². The summed E-state index contributed by atoms with van der Waals surface area (Å²) in [5.41, 5.74) is 1.36. The van der Waals surface area contributed by atoms with E-state index in [1.165, 1.54) is 6.33 Å². The molecule has 0 bridgehead atoms. The van der Waals surface area contributed by atoms with Gasteiger partial charge in [-0.1, -0.05) is 0 Å². The standard InChI is InChI=1S/C11H16N5O4PS/c1-12-10-9-11(14-5-13-10)16(6-15-9)8-3-2-7(20-8)4-19-21(17,18)22/h5-8H,2-4H2,1H3,(H,12,13,14)(H2,17,18,22)/t7-,8+/m0/s1. The molecule has 3 rings (SSSR count). The van der Waals surface area contributed by atoms with E-state index in [1.807, 2.05) is 4.57 Å². The second kappa shape index (κ2) is 6.15. The number of aromatic nitrogens is 4. The molecule has 11 heteroatoms. The summed E-state index contributed by atoms with van der Waals surface area (Å²) >= 11 is 4.42. The third-order valence-electron chi connectivity index (χ3n) is 3.42. The zero-order valence-electron chi connectivity index (χ0n) is 11.8. The molecule has 0 radical (unpaired) electrons. The Bertz CT molecular complexity index is 720. The second-order valence-corrected chi connectivity index (χ2v) is 7.54. The first kappa shape index (κ1) is 15.7. The van der Waals surface area contributed by atoms with Gasteiger partial charge in [0.2, 0.25) is 0 Å². The molecule has 1 fully saturated rings. The van der Waals surface area contributed by atoms with Gasteiger partial charge in [-0.25, -0.2) is 15.0 Å². The lowest BCUT2D eigenvalue weighted by molar-refractivity contribution is -0.0178. The van der Waals surface area contributed by atoms with Gasteiger partial charge in [-0.05, 0) is 24.6 Å². The fourth-order valence-electron chi connectivity index (χ4n) is 2.44. The van der Waals surface area contributed by atoms with Gasteiger partial charge in [0.25, 0.3) is 0 Å². The number of hydrogen-bond acceptors (Lipinski definition) is 7. The van der Waals surface area contributed by atoms with Crippen molar-refractivity contribution in [2.45, 2.75) is 25.2 Å². The van der Waals surface area contributed by atoms with Gasteiger partial charge in [-0.15, -0.1) is 0 Å². The Kier molecular flexibility index (Phi) is 4.40. The lowest BCUT2D eigenvalue weighted by Gasteiger charge is -2.16. The Morgan fingerprint density at radius 2 is 2.27 bits per heavy atom. The van der Waals surface area contributed by atoms with Gasteiger partial charge in [0.05, 0.1) is 19.0 Å². The first-order chi connectivity index (χ1) is 10.5. The van der Waals surface area contributed by atoms with E-state index >= 15 is 0 Å². The van der Waals surface area contributed by atoms with E-state index < -0.39 is 6.72 Å². The number of anilines is 1. The second-order valence-electron chi connectivity index (χ2n) is 4.87. The van der Waals surface area contributed by atoms with Gasteiger partial charge in [0.1, 0.15) is 18.1 Å². The van der Waals surface area contributed by atoms with Crippen molar-refractivity contribution < 1.29 is 19.0 Å². The minimum atomic E-state index is -3.64. The van der Waals surface area contributed by atoms with Gasteiger partial charge in [-0.2, -0.15) is 0 Å². The fourth-order valence-corrected chi connectivity index (χ4v) is 2.98. The molecule has 0 amide bonds. The average Bonchev–Trinajstić information content (AvgIpc) is 3.10. The van der Waals surface area contributed by atoms with Crippen molar-refractivity contribution in [1.29, 1.82) is 0 Å². The zero-order valence-corrected chi connectivity index (χ0v) is 13.5. The molecule has 2 aromatic rings. The molecule has 0 saturated carbocycles. The van der Waals surface area contributed by atoms with Gasteiger partial charge in [0, 0.05) is 7.05 Å². The SMILES string of the molecule is CNc1ncnc2c1ncn2[C@H]1CC[C@@H](COP(O)(O)=S)O1. The number of fused-ring (bicyclic) bond motifs is 1. The lowest BCUT2D eigenvalue weighted by Crippen LogP contribution is -2.16. The van der Waals surface area contributed by atoms with Crippen molar-refractivity contribution in [3.8, 4) is 0 Å². The maximum atomic E-state index is 9.09. The topological polar surface area (TPSA) is 115 Å². The lowest BCUT2D eigenvalue weighted by atomic mass is 10.2. The van der Waals surface area contributed by atoms with Crippen LogP contribution in [0.4, 0.5) is 5.82 Å². The van der Waals surface area contributed by atoms with Gasteiger partial charge >= 0.3 is 6.72 Å². The van der Waals surface area contributed by atoms with Crippen LogP contribution in [0.2, 0.25) is 0 Å². The quantitative estimate of drug-likeness (QED) is 0.676. The van der Waals surface area contributed by atoms with Crippen LogP contribution in [0.1, 0.15) is 19.1 Å². The van der Waals surface area contributed by atoms with E-state index in [4.69, 9.17) is 19.0 Å². The summed E-state index contributed by atoms with van der Waals surface area (Å²) in [6.45, 7) is -3.58. The molecule has 3 heterocycles. The first-order valence-electron chi connectivity index (χ1n) is 6.69. The van der Waals surface area contributed by atoms with Crippen LogP contribution in [-0.4, -0.2) is 49.1 Å². The van der Waals surface area contributed by atoms with E-state index in [0.717, 1.165) is 12.8 Å². The Labute approximate surface area is 131 Å². The summed E-state index contributed by atoms with van der Waals surface area (Å²) < 4.78 is 12.5. The molecule has 0 aromatic carbocycles. The van der Waals surface area contributed by atoms with Crippen LogP contribution in [0.25, 0.3) is 11.2 Å². The predicted molar refractivity (Wildman–Crippen MR) is 82.7 cm³/mol. The molecule has 22 heavy (non-hydrogen) atoms. The van der Waals surface area contributed by atoms with E-state index in [1.54, 1.807) is 13.4 Å². The number of imidazole rings is 1. The van der Waals surface area contributed by atoms with Crippen LogP contribution in [0.15, 0.2) is 12.7 Å². The summed E-state index contributed by atoms with van der Waals surface area (Å²) in [4.78, 5) is 30.9. The predicted octanol–water partition coefficient (Wildman–Crippen LogP) is 0.771. The molecule has 2 aromatic heterocycles. The molecule has 1 saturated heterocycles. The molecule has 120 valence electrons. The van der Waals surface area contributed by atoms with Crippen molar-refractivity contribution in [3.05, 3.63) is 12.7 Å². The highest BCUT2D eigenvalue weighted by Crippen LogP contribution is 2.38. The third kappa shape index (κ3) is 3.27. The largest absolute Gasteiger partial charge is 0.371 e. The molecule has 0 unspecified atom stereocenters. The normalized spacial score (nSPS) is 22.3. The van der Waals surface area contributed by atoms with Crippen LogP contribution in [0.3, 0.4) is 0 Å². The van der Waals surface area contributed by atoms with Gasteiger partial charge < -0.3 is 24.4 Å². The molecule has 0 spiro atoms. The van der Waals surface area contributed by atoms with Gasteiger partial charge in [-0.3, -0.25) is 4.57 Å². The highest BCUT2D eigenvalue weighted by Gasteiger charge is 2.29. The van der Waals surface area contributed by atoms with Crippen LogP contribution in [0.5, 0.6) is 0 Å². The van der Waals surface area contributed by atoms with Crippen molar-refractivity contribution in [1.82, 2.24) is 19.5 Å². The monoisotopic (exact) mass is 345 g/mol. The molecule has 0 aliphatic carbocycles. The van der Waals surface area contributed by atoms with E-state index in [9.17, 15) is 0 Å². The number of ether oxygens (including phenoxy) is 1. The van der Waals surface area contributed by atoms with Gasteiger partial charge in [0.15, 0.2) is 11.5 Å². The smallest absolute Gasteiger partial charge is 0.321 e. The minimum absolute atomic E-state index is 0.0597. The highest BCUT2D eigenvalue weighted by atomic mass is 32.5. The van der Waals surface area contributed by atoms with E-state index in [2.05, 4.69) is 32.1 Å². The van der Waals surface area contributed by atoms with Crippen molar-refractivity contribution in [2.24, 2.45) is 0 Å². The summed E-state index contributed by atoms with van der Waals surface area (Å²) in [5.74, 6) is 0.655. The van der Waals surface area contributed by atoms with Crippen LogP contribution in [0, 0.1) is 0 Å². The van der Waals surface area contributed by atoms with E-state index in [0.29, 0.717) is 17.0 Å². The molecule has 1 aliphatic rings. The molecule has 2 atom stereocenters. The minimum Gasteiger partial charge on any atom is -0.371 e. The number of hydrogen-bond donors (Lipinski definition) is 3. The van der Waals surface area contributed by atoms with Crippen LogP contribution in [-0.2, 0) is 21.1 Å². The number of nitrogens with one attached hydrogen (secondary N) is 1.